The molecule has 0 aliphatic rings. The number of aromatic amines is 1. The molecule has 4 aromatic rings. The number of hydrogen-bond acceptors (Lipinski definition) is 7. The monoisotopic (exact) mass is 391 g/mol. The van der Waals surface area contributed by atoms with E-state index < -0.39 is 12.1 Å². The van der Waals surface area contributed by atoms with Crippen molar-refractivity contribution in [3.05, 3.63) is 76.4 Å². The van der Waals surface area contributed by atoms with Gasteiger partial charge in [-0.05, 0) is 37.3 Å². The Bertz CT molecular complexity index is 1230. The molecule has 0 unspecified atom stereocenters. The lowest BCUT2D eigenvalue weighted by Crippen LogP contribution is -2.14. The van der Waals surface area contributed by atoms with Crippen LogP contribution in [0.1, 0.15) is 29.3 Å². The Hall–Kier alpha value is -3.94. The van der Waals surface area contributed by atoms with E-state index in [0.717, 1.165) is 0 Å². The number of benzene rings is 2. The van der Waals surface area contributed by atoms with Crippen molar-refractivity contribution in [1.82, 2.24) is 15.2 Å². The van der Waals surface area contributed by atoms with Crippen LogP contribution in [0.4, 0.5) is 0 Å². The predicted octanol–water partition coefficient (Wildman–Crippen LogP) is 3.50. The molecule has 146 valence electrons. The molecule has 0 bridgehead atoms. The molecule has 8 heteroatoms. The van der Waals surface area contributed by atoms with Gasteiger partial charge in [-0.3, -0.25) is 4.79 Å². The number of esters is 1. The zero-order valence-electron chi connectivity index (χ0n) is 15.7. The van der Waals surface area contributed by atoms with Gasteiger partial charge >= 0.3 is 5.97 Å². The molecular weight excluding hydrogens is 374 g/mol. The maximum atomic E-state index is 12.7. The summed E-state index contributed by atoms with van der Waals surface area (Å²) >= 11 is 0. The number of methoxy groups -OCH3 is 1. The highest BCUT2D eigenvalue weighted by Gasteiger charge is 2.21. The van der Waals surface area contributed by atoms with Crippen molar-refractivity contribution in [3.63, 3.8) is 0 Å². The number of H-pyrrole nitrogens is 1. The first-order valence-electron chi connectivity index (χ1n) is 8.86. The molecule has 2 heterocycles. The van der Waals surface area contributed by atoms with Gasteiger partial charge in [-0.1, -0.05) is 18.2 Å². The highest BCUT2D eigenvalue weighted by molar-refractivity contribution is 6.03. The number of ether oxygens (including phenoxy) is 2. The molecule has 1 atom stereocenters. The first-order chi connectivity index (χ1) is 14.0. The third-order valence-electron chi connectivity index (χ3n) is 4.38. The molecule has 0 fully saturated rings. The molecule has 2 aromatic heterocycles. The maximum Gasteiger partial charge on any atom is 0.339 e. The van der Waals surface area contributed by atoms with Gasteiger partial charge in [0.15, 0.2) is 6.10 Å². The van der Waals surface area contributed by atoms with Crippen molar-refractivity contribution in [1.29, 1.82) is 0 Å². The normalized spacial score (nSPS) is 11.9. The van der Waals surface area contributed by atoms with Gasteiger partial charge in [0, 0.05) is 22.5 Å². The van der Waals surface area contributed by atoms with Crippen LogP contribution < -0.4 is 10.3 Å². The Morgan fingerprint density at radius 2 is 1.86 bits per heavy atom. The fraction of sp³-hybridized carbons (Fsp3) is 0.143. The van der Waals surface area contributed by atoms with Crippen molar-refractivity contribution in [3.8, 4) is 17.2 Å². The molecule has 4 rings (SSSR count). The van der Waals surface area contributed by atoms with Gasteiger partial charge < -0.3 is 18.9 Å². The molecule has 0 aliphatic heterocycles. The van der Waals surface area contributed by atoms with Crippen LogP contribution in [0.15, 0.2) is 63.8 Å². The number of nitrogens with zero attached hydrogens (tertiary/aromatic N) is 2. The smallest absolute Gasteiger partial charge is 0.339 e. The second-order valence-electron chi connectivity index (χ2n) is 6.31. The number of carbonyl (C=O) groups excluding carboxylic acids is 1. The average Bonchev–Trinajstić information content (AvgIpc) is 3.23. The van der Waals surface area contributed by atoms with E-state index in [1.165, 1.54) is 6.07 Å². The quantitative estimate of drug-likeness (QED) is 0.519. The van der Waals surface area contributed by atoms with E-state index in [0.29, 0.717) is 28.1 Å². The maximum absolute atomic E-state index is 12.7. The molecule has 0 saturated heterocycles. The number of hydrogen-bond donors (Lipinski definition) is 1. The van der Waals surface area contributed by atoms with E-state index >= 15 is 0 Å². The van der Waals surface area contributed by atoms with Crippen molar-refractivity contribution in [2.75, 3.05) is 7.11 Å². The third-order valence-corrected chi connectivity index (χ3v) is 4.38. The molecule has 0 amide bonds. The summed E-state index contributed by atoms with van der Waals surface area (Å²) in [6.45, 7) is 1.62. The number of rotatable bonds is 5. The topological polar surface area (TPSA) is 107 Å². The summed E-state index contributed by atoms with van der Waals surface area (Å²) in [5.41, 5.74) is 1.05. The summed E-state index contributed by atoms with van der Waals surface area (Å²) in [6.07, 6.45) is -0.792. The van der Waals surface area contributed by atoms with Crippen LogP contribution in [0.5, 0.6) is 5.75 Å². The summed E-state index contributed by atoms with van der Waals surface area (Å²) in [5.74, 6) is 0.510. The van der Waals surface area contributed by atoms with E-state index in [2.05, 4.69) is 15.2 Å². The van der Waals surface area contributed by atoms with Crippen molar-refractivity contribution in [2.45, 2.75) is 13.0 Å². The average molecular weight is 391 g/mol. The SMILES string of the molecule is COc1ccc(-c2nnc([C@@H](C)OC(=O)c3cc(=O)[nH]c4ccccc34)o2)cc1. The van der Waals surface area contributed by atoms with Crippen molar-refractivity contribution >= 4 is 16.9 Å². The highest BCUT2D eigenvalue weighted by Crippen LogP contribution is 2.25. The Morgan fingerprint density at radius 1 is 1.10 bits per heavy atom. The minimum atomic E-state index is -0.792. The lowest BCUT2D eigenvalue weighted by Gasteiger charge is -2.10. The Morgan fingerprint density at radius 3 is 2.62 bits per heavy atom. The van der Waals surface area contributed by atoms with Crippen LogP contribution in [0.3, 0.4) is 0 Å². The molecule has 0 radical (unpaired) electrons. The Labute approximate surface area is 165 Å². The van der Waals surface area contributed by atoms with Crippen LogP contribution in [0.25, 0.3) is 22.4 Å². The zero-order chi connectivity index (χ0) is 20.4. The van der Waals surface area contributed by atoms with Gasteiger partial charge in [-0.15, -0.1) is 10.2 Å². The highest BCUT2D eigenvalue weighted by atomic mass is 16.6. The lowest BCUT2D eigenvalue weighted by molar-refractivity contribution is 0.0282. The van der Waals surface area contributed by atoms with Crippen molar-refractivity contribution in [2.24, 2.45) is 0 Å². The predicted molar refractivity (Wildman–Crippen MR) is 105 cm³/mol. The number of carbonyl (C=O) groups is 1. The van der Waals surface area contributed by atoms with E-state index in [9.17, 15) is 9.59 Å². The standard InChI is InChI=1S/C21H17N3O5/c1-12(19-23-24-20(29-19)13-7-9-14(27-2)10-8-13)28-21(26)16-11-18(25)22-17-6-4-3-5-15(16)17/h3-12H,1-2H3,(H,22,25)/t12-/m1/s1. The van der Waals surface area contributed by atoms with Gasteiger partial charge in [-0.25, -0.2) is 4.79 Å². The molecule has 2 aromatic carbocycles. The molecule has 0 saturated carbocycles. The number of nitrogens with one attached hydrogen (secondary N) is 1. The Kier molecular flexibility index (Phi) is 4.82. The van der Waals surface area contributed by atoms with Crippen LogP contribution in [-0.4, -0.2) is 28.3 Å². The number of para-hydroxylation sites is 1. The molecule has 0 spiro atoms. The molecule has 0 aliphatic carbocycles. The summed E-state index contributed by atoms with van der Waals surface area (Å²) in [4.78, 5) is 27.2. The summed E-state index contributed by atoms with van der Waals surface area (Å²) < 4.78 is 16.2. The van der Waals surface area contributed by atoms with Gasteiger partial charge in [0.1, 0.15) is 5.75 Å². The van der Waals surface area contributed by atoms with Crippen LogP contribution in [0, 0.1) is 0 Å². The Balaban J connectivity index is 1.55. The molecule has 1 N–H and O–H groups in total. The summed E-state index contributed by atoms with van der Waals surface area (Å²) in [7, 11) is 1.58. The number of pyridine rings is 1. The van der Waals surface area contributed by atoms with Crippen LogP contribution in [-0.2, 0) is 4.74 Å². The zero-order valence-corrected chi connectivity index (χ0v) is 15.7. The third kappa shape index (κ3) is 3.73. The summed E-state index contributed by atoms with van der Waals surface area (Å²) in [6, 6.07) is 15.4. The lowest BCUT2D eigenvalue weighted by atomic mass is 10.1. The van der Waals surface area contributed by atoms with E-state index in [1.54, 1.807) is 62.6 Å². The van der Waals surface area contributed by atoms with Gasteiger partial charge in [-0.2, -0.15) is 0 Å². The fourth-order valence-corrected chi connectivity index (χ4v) is 2.90. The molecular formula is C21H17N3O5. The first kappa shape index (κ1) is 18.4. The molecule has 29 heavy (non-hydrogen) atoms. The molecule has 8 nitrogen and oxygen atoms in total. The number of fused-ring (bicyclic) bond motifs is 1. The first-order valence-corrected chi connectivity index (χ1v) is 8.86. The van der Waals surface area contributed by atoms with Crippen LogP contribution >= 0.6 is 0 Å². The van der Waals surface area contributed by atoms with Crippen LogP contribution in [0.2, 0.25) is 0 Å². The fourth-order valence-electron chi connectivity index (χ4n) is 2.90. The second-order valence-corrected chi connectivity index (χ2v) is 6.31. The second kappa shape index (κ2) is 7.59. The van der Waals surface area contributed by atoms with Gasteiger partial charge in [0.25, 0.3) is 5.89 Å². The largest absolute Gasteiger partial charge is 0.497 e. The minimum Gasteiger partial charge on any atom is -0.497 e. The van der Waals surface area contributed by atoms with Crippen molar-refractivity contribution < 1.29 is 18.7 Å². The van der Waals surface area contributed by atoms with Gasteiger partial charge in [0.05, 0.1) is 12.7 Å². The van der Waals surface area contributed by atoms with E-state index in [4.69, 9.17) is 13.9 Å². The minimum absolute atomic E-state index is 0.151. The summed E-state index contributed by atoms with van der Waals surface area (Å²) in [5, 5.41) is 8.56. The van der Waals surface area contributed by atoms with E-state index in [-0.39, 0.29) is 17.0 Å². The van der Waals surface area contributed by atoms with E-state index in [1.807, 2.05) is 0 Å². The number of aromatic nitrogens is 3. The van der Waals surface area contributed by atoms with Gasteiger partial charge in [0.2, 0.25) is 11.4 Å².